The molecule has 2 aliphatic rings. The summed E-state index contributed by atoms with van der Waals surface area (Å²) in [5.41, 5.74) is 14.6. The van der Waals surface area contributed by atoms with Crippen molar-refractivity contribution < 1.29 is 0 Å². The Bertz CT molecular complexity index is 2600. The topological polar surface area (TPSA) is 16.3 Å². The lowest BCUT2D eigenvalue weighted by Crippen LogP contribution is -2.59. The predicted octanol–water partition coefficient (Wildman–Crippen LogP) is 8.47. The van der Waals surface area contributed by atoms with Gasteiger partial charge in [-0.15, -0.1) is 0 Å². The van der Waals surface area contributed by atoms with Crippen molar-refractivity contribution in [3.8, 4) is 0 Å². The van der Waals surface area contributed by atoms with Gasteiger partial charge in [-0.25, -0.2) is 0 Å². The zero-order valence-corrected chi connectivity index (χ0v) is 28.4. The number of fused-ring (bicyclic) bond motifs is 6. The van der Waals surface area contributed by atoms with Crippen LogP contribution in [0, 0.1) is 0 Å². The van der Waals surface area contributed by atoms with Gasteiger partial charge in [-0.3, -0.25) is 0 Å². The molecule has 0 bridgehead atoms. The third kappa shape index (κ3) is 4.24. The van der Waals surface area contributed by atoms with E-state index in [0.717, 1.165) is 11.4 Å². The van der Waals surface area contributed by atoms with E-state index in [2.05, 4.69) is 213 Å². The molecule has 9 aromatic rings. The van der Waals surface area contributed by atoms with Gasteiger partial charge in [0.25, 0.3) is 0 Å². The summed E-state index contributed by atoms with van der Waals surface area (Å²) in [6.45, 7) is -0.0819. The van der Waals surface area contributed by atoms with E-state index in [-0.39, 0.29) is 13.7 Å². The van der Waals surface area contributed by atoms with Crippen molar-refractivity contribution in [3.63, 3.8) is 0 Å². The van der Waals surface area contributed by atoms with Crippen molar-refractivity contribution in [2.45, 2.75) is 0 Å². The Labute approximate surface area is 303 Å². The molecule has 0 unspecified atom stereocenters. The van der Waals surface area contributed by atoms with E-state index in [0.29, 0.717) is 0 Å². The molecule has 11 rings (SSSR count). The molecule has 7 aromatic carbocycles. The molecule has 4 heterocycles. The fraction of sp³-hybridized carbons (Fsp3) is 0. The smallest absolute Gasteiger partial charge is 0.331 e. The summed E-state index contributed by atoms with van der Waals surface area (Å²) < 4.78 is 4.96. The molecule has 0 saturated carbocycles. The van der Waals surface area contributed by atoms with E-state index in [1.807, 2.05) is 0 Å². The Morgan fingerprint density at radius 2 is 0.712 bits per heavy atom. The second kappa shape index (κ2) is 11.4. The second-order valence-corrected chi connectivity index (χ2v) is 13.8. The summed E-state index contributed by atoms with van der Waals surface area (Å²) in [5, 5.41) is 2.48. The van der Waals surface area contributed by atoms with Gasteiger partial charge in [0.2, 0.25) is 0 Å². The van der Waals surface area contributed by atoms with Gasteiger partial charge in [0.15, 0.2) is 0 Å². The highest BCUT2D eigenvalue weighted by Gasteiger charge is 2.42. The zero-order chi connectivity index (χ0) is 34.2. The minimum absolute atomic E-state index is 0.0410. The maximum absolute atomic E-state index is 2.53. The number of anilines is 6. The van der Waals surface area contributed by atoms with Gasteiger partial charge in [0, 0.05) is 45.2 Å². The van der Waals surface area contributed by atoms with E-state index in [1.54, 1.807) is 0 Å². The summed E-state index contributed by atoms with van der Waals surface area (Å²) in [7, 11) is 0. The summed E-state index contributed by atoms with van der Waals surface area (Å²) in [5.74, 6) is 0. The standard InChI is InChI=1S/C46H32B2N4/c1-3-17-35(18-4-1)51-43-25-13-9-21-37(43)47(49-29-27-33-15-7-11-23-41(33)49)39-31-40-46(32-45(39)51)52(36-19-5-2-6-20-36)44-26-14-10-22-38(44)48(40)50-30-28-34-16-8-12-24-42(34)50/h1-32H. The molecular formula is C46H32B2N4. The van der Waals surface area contributed by atoms with E-state index in [9.17, 15) is 0 Å². The quantitative estimate of drug-likeness (QED) is 0.176. The molecule has 2 aliphatic heterocycles. The lowest BCUT2D eigenvalue weighted by atomic mass is 9.43. The van der Waals surface area contributed by atoms with E-state index < -0.39 is 0 Å². The number of para-hydroxylation sites is 6. The second-order valence-electron chi connectivity index (χ2n) is 13.8. The first kappa shape index (κ1) is 29.1. The van der Waals surface area contributed by atoms with Crippen molar-refractivity contribution in [3.05, 3.63) is 194 Å². The minimum atomic E-state index is -0.0410. The Morgan fingerprint density at radius 1 is 0.308 bits per heavy atom. The first-order valence-corrected chi connectivity index (χ1v) is 18.0. The average molecular weight is 662 g/mol. The van der Waals surface area contributed by atoms with Crippen molar-refractivity contribution >= 4 is 91.5 Å². The van der Waals surface area contributed by atoms with Gasteiger partial charge in [0.1, 0.15) is 0 Å². The maximum atomic E-state index is 2.53. The molecule has 0 radical (unpaired) electrons. The van der Waals surface area contributed by atoms with Crippen LogP contribution in [0.5, 0.6) is 0 Å². The molecule has 4 nitrogen and oxygen atoms in total. The van der Waals surface area contributed by atoms with Crippen molar-refractivity contribution in [1.29, 1.82) is 0 Å². The number of nitrogens with zero attached hydrogens (tertiary/aromatic N) is 4. The van der Waals surface area contributed by atoms with Gasteiger partial charge >= 0.3 is 13.7 Å². The van der Waals surface area contributed by atoms with Crippen LogP contribution in [0.15, 0.2) is 194 Å². The molecule has 0 aliphatic carbocycles. The van der Waals surface area contributed by atoms with Gasteiger partial charge in [-0.2, -0.15) is 0 Å². The van der Waals surface area contributed by atoms with Crippen LogP contribution in [-0.2, 0) is 0 Å². The third-order valence-electron chi connectivity index (χ3n) is 11.0. The summed E-state index contributed by atoms with van der Waals surface area (Å²) in [6.07, 6.45) is 4.55. The molecule has 242 valence electrons. The number of rotatable bonds is 4. The van der Waals surface area contributed by atoms with E-state index >= 15 is 0 Å². The Hall–Kier alpha value is -6.65. The van der Waals surface area contributed by atoms with Crippen LogP contribution in [-0.4, -0.2) is 22.7 Å². The van der Waals surface area contributed by atoms with Crippen LogP contribution < -0.4 is 31.7 Å². The van der Waals surface area contributed by atoms with Crippen LogP contribution >= 0.6 is 0 Å². The highest BCUT2D eigenvalue weighted by atomic mass is 15.2. The lowest BCUT2D eigenvalue weighted by molar-refractivity contribution is 1.22. The Morgan fingerprint density at radius 3 is 1.19 bits per heavy atom. The average Bonchev–Trinajstić information content (AvgIpc) is 3.84. The van der Waals surface area contributed by atoms with Gasteiger partial charge in [-0.05, 0) is 112 Å². The molecule has 0 amide bonds. The molecule has 0 fully saturated rings. The normalized spacial score (nSPS) is 13.2. The first-order chi connectivity index (χ1) is 25.8. The molecule has 52 heavy (non-hydrogen) atoms. The van der Waals surface area contributed by atoms with Crippen LogP contribution in [0.3, 0.4) is 0 Å². The Kier molecular flexibility index (Phi) is 6.41. The van der Waals surface area contributed by atoms with Crippen LogP contribution in [0.4, 0.5) is 34.1 Å². The molecule has 0 N–H and O–H groups in total. The molecule has 6 heteroatoms. The summed E-state index contributed by atoms with van der Waals surface area (Å²) in [4.78, 5) is 4.94. The van der Waals surface area contributed by atoms with Crippen molar-refractivity contribution in [2.24, 2.45) is 0 Å². The minimum Gasteiger partial charge on any atom is -0.382 e. The maximum Gasteiger partial charge on any atom is 0.331 e. The molecule has 0 atom stereocenters. The molecular weight excluding hydrogens is 630 g/mol. The van der Waals surface area contributed by atoms with Crippen molar-refractivity contribution in [2.75, 3.05) is 9.80 Å². The fourth-order valence-corrected chi connectivity index (χ4v) is 8.85. The van der Waals surface area contributed by atoms with E-state index in [4.69, 9.17) is 0 Å². The zero-order valence-electron chi connectivity index (χ0n) is 28.4. The highest BCUT2D eigenvalue weighted by molar-refractivity contribution is 6.90. The van der Waals surface area contributed by atoms with Crippen molar-refractivity contribution in [1.82, 2.24) is 8.96 Å². The number of aromatic nitrogens is 2. The first-order valence-electron chi connectivity index (χ1n) is 18.0. The monoisotopic (exact) mass is 662 g/mol. The highest BCUT2D eigenvalue weighted by Crippen LogP contribution is 2.42. The summed E-state index contributed by atoms with van der Waals surface area (Å²) >= 11 is 0. The largest absolute Gasteiger partial charge is 0.382 e. The number of benzene rings is 7. The fourth-order valence-electron chi connectivity index (χ4n) is 8.85. The van der Waals surface area contributed by atoms with Gasteiger partial charge in [-0.1, -0.05) is 115 Å². The predicted molar refractivity (Wildman–Crippen MR) is 221 cm³/mol. The van der Waals surface area contributed by atoms with Gasteiger partial charge < -0.3 is 18.8 Å². The van der Waals surface area contributed by atoms with Crippen LogP contribution in [0.25, 0.3) is 21.8 Å². The third-order valence-corrected chi connectivity index (χ3v) is 11.0. The molecule has 2 aromatic heterocycles. The Balaban J connectivity index is 1.27. The van der Waals surface area contributed by atoms with Crippen LogP contribution in [0.2, 0.25) is 0 Å². The SMILES string of the molecule is c1ccc(N2c3ccccc3B(n3ccc4ccccc43)c3cc4c(cc32)N(c2ccccc2)c2ccccc2B4n2ccc3ccccc32)cc1. The molecule has 0 spiro atoms. The van der Waals surface area contributed by atoms with Gasteiger partial charge in [0.05, 0.1) is 0 Å². The summed E-state index contributed by atoms with van der Waals surface area (Å²) in [6, 6.07) is 66.6. The lowest BCUT2D eigenvalue weighted by Gasteiger charge is -2.42. The number of hydrogen-bond donors (Lipinski definition) is 0. The van der Waals surface area contributed by atoms with E-state index in [1.165, 1.54) is 66.4 Å². The molecule has 0 saturated heterocycles. The van der Waals surface area contributed by atoms with Crippen LogP contribution in [0.1, 0.15) is 0 Å². The number of hydrogen-bond acceptors (Lipinski definition) is 2.